The van der Waals surface area contributed by atoms with Gasteiger partial charge in [0.1, 0.15) is 12.6 Å². The Balaban J connectivity index is 1.36. The van der Waals surface area contributed by atoms with Gasteiger partial charge in [0.05, 0.1) is 18.4 Å². The van der Waals surface area contributed by atoms with E-state index in [4.69, 9.17) is 4.74 Å². The highest BCUT2D eigenvalue weighted by Crippen LogP contribution is 2.22. The van der Waals surface area contributed by atoms with Crippen LogP contribution in [0.25, 0.3) is 10.8 Å². The topological polar surface area (TPSA) is 125 Å². The molecule has 1 aliphatic heterocycles. The number of hydrogen-bond donors (Lipinski definition) is 3. The highest BCUT2D eigenvalue weighted by atomic mass is 16.5. The Labute approximate surface area is 293 Å². The first-order chi connectivity index (χ1) is 24.4. The molecular weight excluding hydrogens is 630 g/mol. The van der Waals surface area contributed by atoms with Gasteiger partial charge in [-0.1, -0.05) is 103 Å². The molecule has 0 radical (unpaired) electrons. The minimum absolute atomic E-state index is 0.120. The van der Waals surface area contributed by atoms with Crippen LogP contribution in [0.4, 0.5) is 5.69 Å². The summed E-state index contributed by atoms with van der Waals surface area (Å²) in [5.74, 6) is -2.97. The molecule has 0 fully saturated rings. The van der Waals surface area contributed by atoms with Crippen LogP contribution in [0.1, 0.15) is 43.2 Å². The average molecular weight is 676 g/mol. The number of aliphatic hydroxyl groups is 1. The Kier molecular flexibility index (Phi) is 13.3. The molecule has 260 valence electrons. The van der Waals surface area contributed by atoms with Crippen molar-refractivity contribution in [2.45, 2.75) is 51.1 Å². The number of ether oxygens (including phenoxy) is 1. The third-order valence-electron chi connectivity index (χ3n) is 8.94. The van der Waals surface area contributed by atoms with E-state index in [1.165, 1.54) is 4.90 Å². The number of carbonyl (C=O) groups excluding carboxylic acids is 4. The van der Waals surface area contributed by atoms with Crippen molar-refractivity contribution in [2.24, 2.45) is 11.8 Å². The number of nitrogens with zero attached hydrogens (tertiary/aromatic N) is 1. The number of aliphatic hydroxyl groups excluding tert-OH is 1. The molecule has 9 nitrogen and oxygen atoms in total. The molecule has 9 heteroatoms. The first-order valence-electron chi connectivity index (χ1n) is 17.3. The molecule has 4 aromatic rings. The van der Waals surface area contributed by atoms with Crippen molar-refractivity contribution in [1.29, 1.82) is 0 Å². The molecule has 4 aromatic carbocycles. The molecule has 3 atom stereocenters. The van der Waals surface area contributed by atoms with E-state index in [1.54, 1.807) is 6.07 Å². The Morgan fingerprint density at radius 2 is 1.54 bits per heavy atom. The monoisotopic (exact) mass is 675 g/mol. The van der Waals surface area contributed by atoms with Gasteiger partial charge in [-0.3, -0.25) is 19.2 Å². The zero-order valence-electron chi connectivity index (χ0n) is 28.2. The SMILES string of the molecule is O=C1N[C@H](C(=O)Nc2ccc3ccccc3c2)COC(=O)[C@@H](Cc2ccccc2)CCCC=CC[C@@H]1CC(=O)N(CCO)Cc1ccccc1. The van der Waals surface area contributed by atoms with Crippen molar-refractivity contribution in [3.8, 4) is 0 Å². The lowest BCUT2D eigenvalue weighted by Gasteiger charge is -2.26. The number of benzene rings is 4. The zero-order chi connectivity index (χ0) is 35.1. The third-order valence-corrected chi connectivity index (χ3v) is 8.94. The maximum atomic E-state index is 13.9. The van der Waals surface area contributed by atoms with E-state index < -0.39 is 35.7 Å². The molecule has 0 aliphatic carbocycles. The number of rotatable bonds is 10. The summed E-state index contributed by atoms with van der Waals surface area (Å²) in [6.45, 7) is -0.171. The summed E-state index contributed by atoms with van der Waals surface area (Å²) in [6, 6.07) is 31.3. The smallest absolute Gasteiger partial charge is 0.309 e. The highest BCUT2D eigenvalue weighted by Gasteiger charge is 2.31. The van der Waals surface area contributed by atoms with Gasteiger partial charge in [0.2, 0.25) is 11.8 Å². The van der Waals surface area contributed by atoms with E-state index >= 15 is 0 Å². The van der Waals surface area contributed by atoms with E-state index in [-0.39, 0.29) is 38.5 Å². The second-order valence-corrected chi connectivity index (χ2v) is 12.7. The molecule has 0 saturated carbocycles. The number of carbonyl (C=O) groups is 4. The van der Waals surface area contributed by atoms with E-state index in [2.05, 4.69) is 10.6 Å². The average Bonchev–Trinajstić information content (AvgIpc) is 3.13. The second kappa shape index (κ2) is 18.5. The number of fused-ring (bicyclic) bond motifs is 1. The van der Waals surface area contributed by atoms with E-state index in [0.29, 0.717) is 31.5 Å². The molecule has 50 heavy (non-hydrogen) atoms. The summed E-state index contributed by atoms with van der Waals surface area (Å²) >= 11 is 0. The maximum Gasteiger partial charge on any atom is 0.309 e. The van der Waals surface area contributed by atoms with Gasteiger partial charge in [0.15, 0.2) is 0 Å². The van der Waals surface area contributed by atoms with Crippen LogP contribution in [0.15, 0.2) is 115 Å². The summed E-state index contributed by atoms with van der Waals surface area (Å²) in [5, 5.41) is 17.3. The zero-order valence-corrected chi connectivity index (χ0v) is 28.2. The number of anilines is 1. The summed E-state index contributed by atoms with van der Waals surface area (Å²) in [7, 11) is 0. The van der Waals surface area contributed by atoms with Crippen molar-refractivity contribution in [1.82, 2.24) is 10.2 Å². The van der Waals surface area contributed by atoms with Crippen LogP contribution in [0, 0.1) is 11.8 Å². The van der Waals surface area contributed by atoms with Gasteiger partial charge < -0.3 is 25.4 Å². The number of allylic oxidation sites excluding steroid dienone is 2. The molecule has 1 heterocycles. The number of cyclic esters (lactones) is 1. The largest absolute Gasteiger partial charge is 0.463 e. The van der Waals surface area contributed by atoms with Gasteiger partial charge in [-0.05, 0) is 66.1 Å². The van der Waals surface area contributed by atoms with Gasteiger partial charge in [-0.25, -0.2) is 0 Å². The molecule has 5 rings (SSSR count). The lowest BCUT2D eigenvalue weighted by molar-refractivity contribution is -0.151. The standard InChI is InChI=1S/C41H45N3O6/c45-24-23-44(28-31-15-7-4-8-16-31)38(46)27-34-19-9-1-2-10-20-35(25-30-13-5-3-6-14-30)41(49)50-29-37(43-39(34)47)40(48)42-36-22-21-32-17-11-12-18-33(32)26-36/h1,3-9,11-18,21-22,26,34-35,37,45H,2,10,19-20,23-25,27-29H2,(H,42,48)(H,43,47)/t34-,35-,37+/m1/s1. The summed E-state index contributed by atoms with van der Waals surface area (Å²) in [6.07, 6.45) is 6.54. The Hall–Kier alpha value is -5.28. The van der Waals surface area contributed by atoms with Crippen molar-refractivity contribution in [3.05, 3.63) is 126 Å². The van der Waals surface area contributed by atoms with Crippen molar-refractivity contribution < 1.29 is 29.0 Å². The third kappa shape index (κ3) is 10.6. The number of nitrogens with one attached hydrogen (secondary N) is 2. The van der Waals surface area contributed by atoms with Gasteiger partial charge in [0.25, 0.3) is 5.91 Å². The van der Waals surface area contributed by atoms with Crippen molar-refractivity contribution in [3.63, 3.8) is 0 Å². The number of hydrogen-bond acceptors (Lipinski definition) is 6. The van der Waals surface area contributed by atoms with Gasteiger partial charge in [-0.15, -0.1) is 0 Å². The molecule has 3 N–H and O–H groups in total. The van der Waals surface area contributed by atoms with Gasteiger partial charge >= 0.3 is 5.97 Å². The van der Waals surface area contributed by atoms with Crippen LogP contribution < -0.4 is 10.6 Å². The van der Waals surface area contributed by atoms with Gasteiger partial charge in [0, 0.05) is 25.2 Å². The Morgan fingerprint density at radius 1 is 0.840 bits per heavy atom. The summed E-state index contributed by atoms with van der Waals surface area (Å²) in [5.41, 5.74) is 2.45. The van der Waals surface area contributed by atoms with Crippen LogP contribution in [0.3, 0.4) is 0 Å². The molecular formula is C41H45N3O6. The quantitative estimate of drug-likeness (QED) is 0.144. The van der Waals surface area contributed by atoms with Crippen LogP contribution in [0.5, 0.6) is 0 Å². The van der Waals surface area contributed by atoms with E-state index in [9.17, 15) is 24.3 Å². The van der Waals surface area contributed by atoms with Gasteiger partial charge in [-0.2, -0.15) is 0 Å². The minimum Gasteiger partial charge on any atom is -0.463 e. The highest BCUT2D eigenvalue weighted by molar-refractivity contribution is 5.99. The molecule has 0 bridgehead atoms. The fraction of sp³-hybridized carbons (Fsp3) is 0.317. The first-order valence-corrected chi connectivity index (χ1v) is 17.3. The fourth-order valence-electron chi connectivity index (χ4n) is 6.15. The van der Waals surface area contributed by atoms with E-state index in [1.807, 2.05) is 109 Å². The minimum atomic E-state index is -1.21. The molecule has 0 saturated heterocycles. The second-order valence-electron chi connectivity index (χ2n) is 12.7. The Morgan fingerprint density at radius 3 is 2.28 bits per heavy atom. The van der Waals surface area contributed by atoms with E-state index in [0.717, 1.165) is 28.3 Å². The number of amides is 3. The normalized spacial score (nSPS) is 18.8. The summed E-state index contributed by atoms with van der Waals surface area (Å²) < 4.78 is 5.78. The van der Waals surface area contributed by atoms with Crippen LogP contribution in [0.2, 0.25) is 0 Å². The first kappa shape index (κ1) is 36.0. The molecule has 0 spiro atoms. The van der Waals surface area contributed by atoms with Crippen molar-refractivity contribution >= 4 is 40.2 Å². The Bertz CT molecular complexity index is 1760. The van der Waals surface area contributed by atoms with Crippen LogP contribution >= 0.6 is 0 Å². The molecule has 0 aromatic heterocycles. The fourth-order valence-corrected chi connectivity index (χ4v) is 6.15. The lowest BCUT2D eigenvalue weighted by Crippen LogP contribution is -2.50. The van der Waals surface area contributed by atoms with Crippen LogP contribution in [-0.2, 0) is 36.9 Å². The maximum absolute atomic E-state index is 13.9. The van der Waals surface area contributed by atoms with Crippen LogP contribution in [-0.4, -0.2) is 59.5 Å². The number of esters is 1. The molecule has 0 unspecified atom stereocenters. The predicted molar refractivity (Wildman–Crippen MR) is 194 cm³/mol. The molecule has 1 aliphatic rings. The lowest BCUT2D eigenvalue weighted by atomic mass is 9.93. The predicted octanol–water partition coefficient (Wildman–Crippen LogP) is 5.82. The summed E-state index contributed by atoms with van der Waals surface area (Å²) in [4.78, 5) is 56.3. The molecule has 3 amide bonds. The van der Waals surface area contributed by atoms with Crippen molar-refractivity contribution in [2.75, 3.05) is 25.1 Å².